The van der Waals surface area contributed by atoms with Gasteiger partial charge in [-0.1, -0.05) is 35.9 Å². The van der Waals surface area contributed by atoms with Gasteiger partial charge in [-0.05, 0) is 67.4 Å². The van der Waals surface area contributed by atoms with Gasteiger partial charge in [-0.2, -0.15) is 0 Å². The highest BCUT2D eigenvalue weighted by Crippen LogP contribution is 2.39. The predicted octanol–water partition coefficient (Wildman–Crippen LogP) is 6.07. The number of nitrogens with zero attached hydrogens (tertiary/aromatic N) is 1. The molecule has 3 aromatic carbocycles. The van der Waals surface area contributed by atoms with Crippen LogP contribution in [0.3, 0.4) is 0 Å². The fraction of sp³-hybridized carbons (Fsp3) is 0.269. The van der Waals surface area contributed by atoms with E-state index in [1.807, 2.05) is 74.5 Å². The van der Waals surface area contributed by atoms with Gasteiger partial charge < -0.3 is 14.6 Å². The van der Waals surface area contributed by atoms with Gasteiger partial charge in [0.1, 0.15) is 11.9 Å². The van der Waals surface area contributed by atoms with Crippen molar-refractivity contribution in [3.05, 3.63) is 88.4 Å². The van der Waals surface area contributed by atoms with Crippen LogP contribution in [-0.2, 0) is 0 Å². The molecule has 0 spiro atoms. The number of para-hydroxylation sites is 1. The summed E-state index contributed by atoms with van der Waals surface area (Å²) in [5.74, 6) is 1.48. The van der Waals surface area contributed by atoms with Gasteiger partial charge in [-0.25, -0.2) is 0 Å². The Morgan fingerprint density at radius 3 is 2.38 bits per heavy atom. The molecule has 0 saturated heterocycles. The molecule has 2 atom stereocenters. The van der Waals surface area contributed by atoms with Crippen LogP contribution in [0.1, 0.15) is 49.2 Å². The first-order chi connectivity index (χ1) is 15.6. The zero-order valence-corrected chi connectivity index (χ0v) is 19.0. The number of aromatic hydroxyl groups is 1. The molecule has 0 fully saturated rings. The Bertz CT molecular complexity index is 1080. The van der Waals surface area contributed by atoms with E-state index in [1.165, 1.54) is 0 Å². The van der Waals surface area contributed by atoms with E-state index in [4.69, 9.17) is 26.1 Å². The summed E-state index contributed by atoms with van der Waals surface area (Å²) in [7, 11) is 0. The molecular weight excluding hydrogens is 424 g/mol. The number of nitrogens with one attached hydrogen (secondary N) is 1. The van der Waals surface area contributed by atoms with Gasteiger partial charge in [0.25, 0.3) is 0 Å². The van der Waals surface area contributed by atoms with Crippen molar-refractivity contribution in [1.29, 1.82) is 0 Å². The summed E-state index contributed by atoms with van der Waals surface area (Å²) in [4.78, 5) is 5.00. The second-order valence-electron chi connectivity index (χ2n) is 7.54. The number of phenolic OH excluding ortho intramolecular Hbond substituents is 1. The second-order valence-corrected chi connectivity index (χ2v) is 7.97. The van der Waals surface area contributed by atoms with E-state index in [9.17, 15) is 5.11 Å². The minimum Gasteiger partial charge on any atom is -0.504 e. The Hall–Kier alpha value is -3.02. The largest absolute Gasteiger partial charge is 0.504 e. The molecule has 0 amide bonds. The van der Waals surface area contributed by atoms with Crippen molar-refractivity contribution in [1.82, 2.24) is 5.32 Å². The van der Waals surface area contributed by atoms with Crippen LogP contribution in [0.25, 0.3) is 0 Å². The highest BCUT2D eigenvalue weighted by Gasteiger charge is 2.28. The van der Waals surface area contributed by atoms with Crippen molar-refractivity contribution in [3.8, 4) is 17.2 Å². The fourth-order valence-corrected chi connectivity index (χ4v) is 4.03. The summed E-state index contributed by atoms with van der Waals surface area (Å²) in [6.07, 6.45) is 0.351. The van der Waals surface area contributed by atoms with Gasteiger partial charge in [0.2, 0.25) is 0 Å². The van der Waals surface area contributed by atoms with Gasteiger partial charge >= 0.3 is 0 Å². The molecule has 4 rings (SSSR count). The molecular formula is C26H27ClN2O3. The zero-order chi connectivity index (χ0) is 22.5. The van der Waals surface area contributed by atoms with Crippen LogP contribution in [0.4, 0.5) is 0 Å². The molecule has 5 nitrogen and oxygen atoms in total. The molecule has 166 valence electrons. The summed E-state index contributed by atoms with van der Waals surface area (Å²) >= 11 is 6.09. The number of phenols is 1. The van der Waals surface area contributed by atoms with Crippen LogP contribution in [-0.4, -0.2) is 24.0 Å². The first-order valence-electron chi connectivity index (χ1n) is 10.8. The molecule has 32 heavy (non-hydrogen) atoms. The quantitative estimate of drug-likeness (QED) is 0.459. The average molecular weight is 451 g/mol. The van der Waals surface area contributed by atoms with Gasteiger partial charge in [-0.3, -0.25) is 10.3 Å². The molecule has 6 heteroatoms. The smallest absolute Gasteiger partial charge is 0.162 e. The Morgan fingerprint density at radius 1 is 0.969 bits per heavy atom. The highest BCUT2D eigenvalue weighted by molar-refractivity contribution is 6.30. The molecule has 0 bridgehead atoms. The summed E-state index contributed by atoms with van der Waals surface area (Å²) in [5, 5.41) is 15.1. The predicted molar refractivity (Wildman–Crippen MR) is 128 cm³/mol. The third-order valence-corrected chi connectivity index (χ3v) is 5.68. The third-order valence-electron chi connectivity index (χ3n) is 5.43. The van der Waals surface area contributed by atoms with Gasteiger partial charge in [0, 0.05) is 28.8 Å². The van der Waals surface area contributed by atoms with Crippen molar-refractivity contribution in [3.63, 3.8) is 0 Å². The molecule has 0 radical (unpaired) electrons. The third kappa shape index (κ3) is 4.90. The molecule has 3 aromatic rings. The van der Waals surface area contributed by atoms with Crippen molar-refractivity contribution < 1.29 is 14.6 Å². The number of halogens is 1. The van der Waals surface area contributed by atoms with Crippen LogP contribution in [0, 0.1) is 0 Å². The van der Waals surface area contributed by atoms with Crippen molar-refractivity contribution in [2.75, 3.05) is 13.2 Å². The molecule has 0 aliphatic carbocycles. The lowest BCUT2D eigenvalue weighted by molar-refractivity contribution is 0.313. The van der Waals surface area contributed by atoms with Crippen molar-refractivity contribution >= 4 is 17.3 Å². The first-order valence-corrected chi connectivity index (χ1v) is 11.2. The maximum Gasteiger partial charge on any atom is 0.162 e. The molecule has 0 saturated carbocycles. The molecule has 0 unspecified atom stereocenters. The van der Waals surface area contributed by atoms with Crippen LogP contribution in [0.15, 0.2) is 71.7 Å². The van der Waals surface area contributed by atoms with Gasteiger partial charge in [0.15, 0.2) is 11.5 Å². The van der Waals surface area contributed by atoms with Crippen LogP contribution in [0.2, 0.25) is 5.02 Å². The van der Waals surface area contributed by atoms with Crippen molar-refractivity contribution in [2.45, 2.75) is 32.5 Å². The number of benzene rings is 3. The van der Waals surface area contributed by atoms with Crippen LogP contribution >= 0.6 is 11.6 Å². The molecule has 1 aliphatic rings. The monoisotopic (exact) mass is 450 g/mol. The number of aliphatic imine (C=N–C) groups is 1. The molecule has 2 N–H and O–H groups in total. The van der Waals surface area contributed by atoms with Gasteiger partial charge in [-0.15, -0.1) is 0 Å². The van der Waals surface area contributed by atoms with E-state index < -0.39 is 0 Å². The Balaban J connectivity index is 1.71. The lowest BCUT2D eigenvalue weighted by Gasteiger charge is -2.31. The summed E-state index contributed by atoms with van der Waals surface area (Å²) in [6.45, 7) is 4.98. The zero-order valence-electron chi connectivity index (χ0n) is 18.2. The number of rotatable bonds is 7. The molecule has 1 heterocycles. The number of hydrogen-bond acceptors (Lipinski definition) is 5. The number of hydrogen-bond donors (Lipinski definition) is 2. The second kappa shape index (κ2) is 10.1. The number of ether oxygens (including phenoxy) is 2. The Kier molecular flexibility index (Phi) is 6.98. The van der Waals surface area contributed by atoms with E-state index in [2.05, 4.69) is 5.32 Å². The fourth-order valence-electron chi connectivity index (χ4n) is 3.90. The summed E-state index contributed by atoms with van der Waals surface area (Å²) in [5.41, 5.74) is 3.77. The minimum absolute atomic E-state index is 0.143. The molecule has 1 aliphatic heterocycles. The lowest BCUT2D eigenvalue weighted by Crippen LogP contribution is -2.33. The normalized spacial score (nSPS) is 18.2. The minimum atomic E-state index is -0.275. The maximum atomic E-state index is 10.9. The molecule has 0 aromatic heterocycles. The average Bonchev–Trinajstić information content (AvgIpc) is 2.81. The SMILES string of the molecule is CCOc1ccc(C2=N[C@H](c3ccc(Cl)cc3)N[C@@H](c3cccc(OCC)c3O)C2)cc1. The summed E-state index contributed by atoms with van der Waals surface area (Å²) < 4.78 is 11.2. The van der Waals surface area contributed by atoms with Crippen molar-refractivity contribution in [2.24, 2.45) is 4.99 Å². The topological polar surface area (TPSA) is 63.1 Å². The highest BCUT2D eigenvalue weighted by atomic mass is 35.5. The maximum absolute atomic E-state index is 10.9. The van der Waals surface area contributed by atoms with E-state index in [1.54, 1.807) is 6.07 Å². The van der Waals surface area contributed by atoms with E-state index >= 15 is 0 Å². The Labute approximate surface area is 193 Å². The van der Waals surface area contributed by atoms with Gasteiger partial charge in [0.05, 0.1) is 13.2 Å². The summed E-state index contributed by atoms with van der Waals surface area (Å²) in [6, 6.07) is 21.1. The Morgan fingerprint density at radius 2 is 1.69 bits per heavy atom. The van der Waals surface area contributed by atoms with Crippen LogP contribution in [0.5, 0.6) is 17.2 Å². The van der Waals surface area contributed by atoms with E-state index in [-0.39, 0.29) is 18.0 Å². The van der Waals surface area contributed by atoms with E-state index in [0.717, 1.165) is 28.2 Å². The first kappa shape index (κ1) is 22.2. The lowest BCUT2D eigenvalue weighted by atomic mass is 9.93. The van der Waals surface area contributed by atoms with Crippen LogP contribution < -0.4 is 14.8 Å². The standard InChI is InChI=1S/C26H27ClN2O3/c1-3-31-20-14-10-17(11-15-20)22-16-23(21-6-5-7-24(25(21)30)32-4-2)29-26(28-22)18-8-12-19(27)13-9-18/h5-15,23,26,29-30H,3-4,16H2,1-2H3/t23-,26+/m1/s1. The van der Waals surface area contributed by atoms with E-state index in [0.29, 0.717) is 30.4 Å².